The molecule has 0 aliphatic rings. The Morgan fingerprint density at radius 3 is 2.57 bits per heavy atom. The quantitative estimate of drug-likeness (QED) is 0.269. The molecular formula is C16H27ClIN3O2. The molecule has 7 heteroatoms. The Hall–Kier alpha value is -0.730. The van der Waals surface area contributed by atoms with E-state index in [1.54, 1.807) is 7.05 Å². The highest BCUT2D eigenvalue weighted by atomic mass is 127. The molecule has 0 aromatic heterocycles. The number of guanidine groups is 1. The van der Waals surface area contributed by atoms with E-state index in [0.29, 0.717) is 11.6 Å². The van der Waals surface area contributed by atoms with Crippen molar-refractivity contribution in [3.8, 4) is 5.75 Å². The van der Waals surface area contributed by atoms with E-state index in [0.717, 1.165) is 44.4 Å². The number of nitrogens with one attached hydrogen (secondary N) is 1. The van der Waals surface area contributed by atoms with Gasteiger partial charge in [0.05, 0.1) is 6.54 Å². The summed E-state index contributed by atoms with van der Waals surface area (Å²) < 4.78 is 11.0. The van der Waals surface area contributed by atoms with Crippen molar-refractivity contribution in [2.24, 2.45) is 4.99 Å². The number of aliphatic imine (C=N–C) groups is 1. The molecule has 1 rings (SSSR count). The third-order valence-corrected chi connectivity index (χ3v) is 3.29. The lowest BCUT2D eigenvalue weighted by Gasteiger charge is -2.22. The van der Waals surface area contributed by atoms with E-state index >= 15 is 0 Å². The van der Waals surface area contributed by atoms with Crippen LogP contribution in [0, 0.1) is 0 Å². The fraction of sp³-hybridized carbons (Fsp3) is 0.562. The number of hydrogen-bond acceptors (Lipinski definition) is 3. The first-order valence-corrected chi connectivity index (χ1v) is 7.93. The number of rotatable bonds is 9. The Labute approximate surface area is 161 Å². The first kappa shape index (κ1) is 22.3. The predicted octanol–water partition coefficient (Wildman–Crippen LogP) is 3.27. The van der Waals surface area contributed by atoms with Gasteiger partial charge in [-0.2, -0.15) is 0 Å². The van der Waals surface area contributed by atoms with Crippen LogP contribution in [-0.4, -0.2) is 57.9 Å². The van der Waals surface area contributed by atoms with E-state index in [1.165, 1.54) is 0 Å². The molecule has 5 nitrogen and oxygen atoms in total. The largest absolute Gasteiger partial charge is 0.492 e. The molecule has 0 heterocycles. The average Bonchev–Trinajstić information content (AvgIpc) is 2.52. The van der Waals surface area contributed by atoms with Gasteiger partial charge in [-0.3, -0.25) is 4.99 Å². The van der Waals surface area contributed by atoms with Gasteiger partial charge in [-0.1, -0.05) is 11.6 Å². The molecule has 0 amide bonds. The Kier molecular flexibility index (Phi) is 13.3. The molecule has 1 aromatic carbocycles. The molecule has 0 aliphatic carbocycles. The van der Waals surface area contributed by atoms with E-state index < -0.39 is 0 Å². The highest BCUT2D eigenvalue weighted by Gasteiger charge is 2.05. The number of hydrogen-bond donors (Lipinski definition) is 1. The second kappa shape index (κ2) is 13.7. The van der Waals surface area contributed by atoms with Crippen LogP contribution in [0.4, 0.5) is 0 Å². The standard InChI is InChI=1S/C16H26ClN3O2.HI/c1-4-21-12-5-10-19-16(18-2)20(3)11-13-22-15-8-6-14(17)7-9-15;/h6-9H,4-5,10-13H2,1-3H3,(H,18,19);1H. The normalized spacial score (nSPS) is 10.9. The Morgan fingerprint density at radius 1 is 1.26 bits per heavy atom. The zero-order valence-electron chi connectivity index (χ0n) is 14.0. The highest BCUT2D eigenvalue weighted by molar-refractivity contribution is 14.0. The van der Waals surface area contributed by atoms with Gasteiger partial charge in [0.2, 0.25) is 0 Å². The lowest BCUT2D eigenvalue weighted by atomic mass is 10.3. The van der Waals surface area contributed by atoms with Gasteiger partial charge in [0, 0.05) is 38.9 Å². The first-order chi connectivity index (χ1) is 10.7. The van der Waals surface area contributed by atoms with Crippen molar-refractivity contribution in [2.75, 3.05) is 47.0 Å². The van der Waals surface area contributed by atoms with Crippen LogP contribution in [0.1, 0.15) is 13.3 Å². The Balaban J connectivity index is 0.00000484. The average molecular weight is 456 g/mol. The van der Waals surface area contributed by atoms with Gasteiger partial charge in [-0.05, 0) is 37.6 Å². The SMILES string of the molecule is CCOCCCNC(=NC)N(C)CCOc1ccc(Cl)cc1.I. The van der Waals surface area contributed by atoms with Crippen LogP contribution < -0.4 is 10.1 Å². The lowest BCUT2D eigenvalue weighted by Crippen LogP contribution is -2.41. The lowest BCUT2D eigenvalue weighted by molar-refractivity contribution is 0.145. The van der Waals surface area contributed by atoms with Gasteiger partial charge in [-0.15, -0.1) is 24.0 Å². The number of benzene rings is 1. The van der Waals surface area contributed by atoms with Crippen molar-refractivity contribution in [1.29, 1.82) is 0 Å². The van der Waals surface area contributed by atoms with Crippen molar-refractivity contribution < 1.29 is 9.47 Å². The van der Waals surface area contributed by atoms with Crippen LogP contribution in [0.25, 0.3) is 0 Å². The van der Waals surface area contributed by atoms with E-state index in [-0.39, 0.29) is 24.0 Å². The number of ether oxygens (including phenoxy) is 2. The van der Waals surface area contributed by atoms with Crippen molar-refractivity contribution >= 4 is 41.5 Å². The topological polar surface area (TPSA) is 46.1 Å². The van der Waals surface area contributed by atoms with E-state index in [4.69, 9.17) is 21.1 Å². The molecule has 132 valence electrons. The summed E-state index contributed by atoms with van der Waals surface area (Å²) in [5, 5.41) is 4.02. The first-order valence-electron chi connectivity index (χ1n) is 7.55. The number of halogens is 2. The van der Waals surface area contributed by atoms with Gasteiger partial charge in [0.15, 0.2) is 5.96 Å². The van der Waals surface area contributed by atoms with E-state index in [9.17, 15) is 0 Å². The maximum atomic E-state index is 5.84. The van der Waals surface area contributed by atoms with Crippen LogP contribution in [-0.2, 0) is 4.74 Å². The summed E-state index contributed by atoms with van der Waals surface area (Å²) in [4.78, 5) is 6.30. The molecule has 1 N–H and O–H groups in total. The molecular weight excluding hydrogens is 429 g/mol. The van der Waals surface area contributed by atoms with Crippen molar-refractivity contribution in [3.63, 3.8) is 0 Å². The molecule has 0 saturated heterocycles. The molecule has 0 fully saturated rings. The van der Waals surface area contributed by atoms with E-state index in [1.807, 2.05) is 43.1 Å². The minimum Gasteiger partial charge on any atom is -0.492 e. The van der Waals surface area contributed by atoms with E-state index in [2.05, 4.69) is 10.3 Å². The zero-order valence-corrected chi connectivity index (χ0v) is 17.1. The summed E-state index contributed by atoms with van der Waals surface area (Å²) in [6.45, 7) is 5.70. The smallest absolute Gasteiger partial charge is 0.193 e. The third-order valence-electron chi connectivity index (χ3n) is 3.04. The third kappa shape index (κ3) is 9.88. The molecule has 0 unspecified atom stereocenters. The maximum Gasteiger partial charge on any atom is 0.193 e. The minimum atomic E-state index is 0. The second-order valence-corrected chi connectivity index (χ2v) is 5.18. The van der Waals surface area contributed by atoms with Crippen molar-refractivity contribution in [3.05, 3.63) is 29.3 Å². The summed E-state index contributed by atoms with van der Waals surface area (Å²) in [6, 6.07) is 7.37. The van der Waals surface area contributed by atoms with Gasteiger partial charge in [0.25, 0.3) is 0 Å². The van der Waals surface area contributed by atoms with Gasteiger partial charge >= 0.3 is 0 Å². The van der Waals surface area contributed by atoms with Crippen LogP contribution in [0.5, 0.6) is 5.75 Å². The van der Waals surface area contributed by atoms with Gasteiger partial charge in [-0.25, -0.2) is 0 Å². The molecule has 0 radical (unpaired) electrons. The zero-order chi connectivity index (χ0) is 16.2. The monoisotopic (exact) mass is 455 g/mol. The van der Waals surface area contributed by atoms with Gasteiger partial charge in [0.1, 0.15) is 12.4 Å². The summed E-state index contributed by atoms with van der Waals surface area (Å²) in [7, 11) is 3.77. The van der Waals surface area contributed by atoms with Gasteiger partial charge < -0.3 is 19.7 Å². The molecule has 0 spiro atoms. The molecule has 0 atom stereocenters. The van der Waals surface area contributed by atoms with Crippen LogP contribution in [0.2, 0.25) is 5.02 Å². The second-order valence-electron chi connectivity index (χ2n) is 4.75. The van der Waals surface area contributed by atoms with Crippen LogP contribution in [0.3, 0.4) is 0 Å². The molecule has 0 saturated carbocycles. The fourth-order valence-corrected chi connectivity index (χ4v) is 1.97. The predicted molar refractivity (Wildman–Crippen MR) is 107 cm³/mol. The number of likely N-dealkylation sites (N-methyl/N-ethyl adjacent to an activating group) is 1. The minimum absolute atomic E-state index is 0. The molecule has 0 aliphatic heterocycles. The number of nitrogens with zero attached hydrogens (tertiary/aromatic N) is 2. The summed E-state index contributed by atoms with van der Waals surface area (Å²) in [5.41, 5.74) is 0. The van der Waals surface area contributed by atoms with Crippen LogP contribution in [0.15, 0.2) is 29.3 Å². The summed E-state index contributed by atoms with van der Waals surface area (Å²) >= 11 is 5.84. The Morgan fingerprint density at radius 2 is 1.96 bits per heavy atom. The molecule has 0 bridgehead atoms. The summed E-state index contributed by atoms with van der Waals surface area (Å²) in [6.07, 6.45) is 0.960. The molecule has 1 aromatic rings. The summed E-state index contributed by atoms with van der Waals surface area (Å²) in [5.74, 6) is 1.67. The van der Waals surface area contributed by atoms with Crippen LogP contribution >= 0.6 is 35.6 Å². The Bertz CT molecular complexity index is 443. The fourth-order valence-electron chi connectivity index (χ4n) is 1.84. The van der Waals surface area contributed by atoms with Crippen molar-refractivity contribution in [1.82, 2.24) is 10.2 Å². The highest BCUT2D eigenvalue weighted by Crippen LogP contribution is 2.15. The molecule has 23 heavy (non-hydrogen) atoms. The maximum absolute atomic E-state index is 5.84. The van der Waals surface area contributed by atoms with Crippen molar-refractivity contribution in [2.45, 2.75) is 13.3 Å².